The fourth-order valence-electron chi connectivity index (χ4n) is 1.99. The van der Waals surface area contributed by atoms with Crippen molar-refractivity contribution in [2.45, 2.75) is 32.4 Å². The van der Waals surface area contributed by atoms with Gasteiger partial charge in [0.05, 0.1) is 6.04 Å². The number of likely N-dealkylation sites (N-methyl/N-ethyl adjacent to an activating group) is 1. The maximum absolute atomic E-state index is 11.8. The maximum atomic E-state index is 11.8. The standard InChI is InChI=1S/C10H21N3O/c1-8(7-11)13-6-4-5-12(3)10(14)9(13)2/h8-9H,4-7,11H2,1-3H3. The molecule has 2 atom stereocenters. The van der Waals surface area contributed by atoms with Crippen molar-refractivity contribution in [1.82, 2.24) is 9.80 Å². The highest BCUT2D eigenvalue weighted by molar-refractivity contribution is 5.81. The highest BCUT2D eigenvalue weighted by Crippen LogP contribution is 2.12. The number of carbonyl (C=O) groups is 1. The Kier molecular flexibility index (Phi) is 3.89. The molecule has 4 heteroatoms. The third-order valence-electron chi connectivity index (χ3n) is 3.05. The van der Waals surface area contributed by atoms with Gasteiger partial charge in [0.25, 0.3) is 0 Å². The van der Waals surface area contributed by atoms with Gasteiger partial charge in [0, 0.05) is 32.7 Å². The summed E-state index contributed by atoms with van der Waals surface area (Å²) < 4.78 is 0. The van der Waals surface area contributed by atoms with Crippen molar-refractivity contribution in [2.24, 2.45) is 5.73 Å². The Morgan fingerprint density at radius 3 is 2.79 bits per heavy atom. The quantitative estimate of drug-likeness (QED) is 0.675. The molecule has 2 N–H and O–H groups in total. The molecule has 1 aliphatic heterocycles. The zero-order valence-electron chi connectivity index (χ0n) is 9.36. The molecule has 0 aromatic carbocycles. The summed E-state index contributed by atoms with van der Waals surface area (Å²) in [4.78, 5) is 15.8. The van der Waals surface area contributed by atoms with Gasteiger partial charge in [-0.25, -0.2) is 0 Å². The molecular weight excluding hydrogens is 178 g/mol. The summed E-state index contributed by atoms with van der Waals surface area (Å²) >= 11 is 0. The van der Waals surface area contributed by atoms with Crippen molar-refractivity contribution < 1.29 is 4.79 Å². The molecule has 0 saturated carbocycles. The predicted molar refractivity (Wildman–Crippen MR) is 56.9 cm³/mol. The maximum Gasteiger partial charge on any atom is 0.239 e. The summed E-state index contributed by atoms with van der Waals surface area (Å²) in [6, 6.07) is 0.265. The topological polar surface area (TPSA) is 49.6 Å². The first-order valence-corrected chi connectivity index (χ1v) is 5.28. The second-order valence-corrected chi connectivity index (χ2v) is 4.11. The molecule has 0 aromatic rings. The number of hydrogen-bond acceptors (Lipinski definition) is 3. The molecule has 2 unspecified atom stereocenters. The number of rotatable bonds is 2. The van der Waals surface area contributed by atoms with Crippen LogP contribution < -0.4 is 5.73 Å². The van der Waals surface area contributed by atoms with Gasteiger partial charge < -0.3 is 10.6 Å². The Morgan fingerprint density at radius 1 is 1.57 bits per heavy atom. The molecule has 1 rings (SSSR count). The van der Waals surface area contributed by atoms with Crippen molar-refractivity contribution in [3.63, 3.8) is 0 Å². The normalized spacial score (nSPS) is 27.6. The van der Waals surface area contributed by atoms with Crippen molar-refractivity contribution in [3.8, 4) is 0 Å². The summed E-state index contributed by atoms with van der Waals surface area (Å²) in [7, 11) is 1.87. The molecule has 1 aliphatic rings. The molecule has 1 saturated heterocycles. The van der Waals surface area contributed by atoms with Crippen LogP contribution in [0.25, 0.3) is 0 Å². The first-order valence-electron chi connectivity index (χ1n) is 5.28. The average molecular weight is 199 g/mol. The lowest BCUT2D eigenvalue weighted by molar-refractivity contribution is -0.134. The van der Waals surface area contributed by atoms with Gasteiger partial charge in [-0.05, 0) is 20.3 Å². The summed E-state index contributed by atoms with van der Waals surface area (Å²) in [5.41, 5.74) is 5.63. The van der Waals surface area contributed by atoms with Gasteiger partial charge in [-0.15, -0.1) is 0 Å². The van der Waals surface area contributed by atoms with Crippen LogP contribution in [0.4, 0.5) is 0 Å². The van der Waals surface area contributed by atoms with E-state index in [4.69, 9.17) is 5.73 Å². The van der Waals surface area contributed by atoms with E-state index < -0.39 is 0 Å². The van der Waals surface area contributed by atoms with Gasteiger partial charge >= 0.3 is 0 Å². The fourth-order valence-corrected chi connectivity index (χ4v) is 1.99. The largest absolute Gasteiger partial charge is 0.344 e. The summed E-state index contributed by atoms with van der Waals surface area (Å²) in [6.07, 6.45) is 1.04. The summed E-state index contributed by atoms with van der Waals surface area (Å²) in [6.45, 7) is 6.49. The van der Waals surface area contributed by atoms with Crippen LogP contribution in [-0.4, -0.2) is 54.5 Å². The molecule has 4 nitrogen and oxygen atoms in total. The molecule has 14 heavy (non-hydrogen) atoms. The lowest BCUT2D eigenvalue weighted by Gasteiger charge is -2.31. The number of hydrogen-bond donors (Lipinski definition) is 1. The Labute approximate surface area is 86.0 Å². The van der Waals surface area contributed by atoms with E-state index in [-0.39, 0.29) is 11.9 Å². The number of nitrogens with two attached hydrogens (primary N) is 1. The lowest BCUT2D eigenvalue weighted by atomic mass is 10.2. The van der Waals surface area contributed by atoms with Gasteiger partial charge in [-0.1, -0.05) is 0 Å². The van der Waals surface area contributed by atoms with Crippen LogP contribution in [-0.2, 0) is 4.79 Å². The van der Waals surface area contributed by atoms with E-state index in [0.29, 0.717) is 12.6 Å². The van der Waals surface area contributed by atoms with E-state index in [0.717, 1.165) is 19.5 Å². The average Bonchev–Trinajstić information content (AvgIpc) is 2.31. The smallest absolute Gasteiger partial charge is 0.239 e. The third-order valence-corrected chi connectivity index (χ3v) is 3.05. The third kappa shape index (κ3) is 2.25. The van der Waals surface area contributed by atoms with Gasteiger partial charge in [-0.2, -0.15) is 0 Å². The molecule has 1 heterocycles. The SMILES string of the molecule is CC(CN)N1CCCN(C)C(=O)C1C. The van der Waals surface area contributed by atoms with Crippen molar-refractivity contribution in [2.75, 3.05) is 26.7 Å². The minimum absolute atomic E-state index is 0.0268. The van der Waals surface area contributed by atoms with E-state index in [1.165, 1.54) is 0 Å². The first-order chi connectivity index (χ1) is 6.57. The first kappa shape index (κ1) is 11.5. The van der Waals surface area contributed by atoms with Crippen LogP contribution in [0.2, 0.25) is 0 Å². The Hall–Kier alpha value is -0.610. The van der Waals surface area contributed by atoms with E-state index in [2.05, 4.69) is 11.8 Å². The van der Waals surface area contributed by atoms with Crippen molar-refractivity contribution in [3.05, 3.63) is 0 Å². The molecule has 0 aliphatic carbocycles. The summed E-state index contributed by atoms with van der Waals surface area (Å²) in [5, 5.41) is 0. The van der Waals surface area contributed by atoms with Crippen LogP contribution in [0.1, 0.15) is 20.3 Å². The van der Waals surface area contributed by atoms with Crippen LogP contribution >= 0.6 is 0 Å². The highest BCUT2D eigenvalue weighted by Gasteiger charge is 2.29. The fraction of sp³-hybridized carbons (Fsp3) is 0.900. The molecular formula is C10H21N3O. The van der Waals surface area contributed by atoms with Gasteiger partial charge in [0.15, 0.2) is 0 Å². The van der Waals surface area contributed by atoms with E-state index in [1.807, 2.05) is 18.9 Å². The van der Waals surface area contributed by atoms with E-state index in [9.17, 15) is 4.79 Å². The van der Waals surface area contributed by atoms with Crippen LogP contribution in [0, 0.1) is 0 Å². The molecule has 0 spiro atoms. The van der Waals surface area contributed by atoms with Gasteiger partial charge in [0.1, 0.15) is 0 Å². The minimum atomic E-state index is -0.0268. The molecule has 1 amide bonds. The molecule has 0 radical (unpaired) electrons. The number of carbonyl (C=O) groups excluding carboxylic acids is 1. The zero-order valence-corrected chi connectivity index (χ0v) is 9.36. The van der Waals surface area contributed by atoms with E-state index in [1.54, 1.807) is 0 Å². The summed E-state index contributed by atoms with van der Waals surface area (Å²) in [5.74, 6) is 0.211. The predicted octanol–water partition coefficient (Wildman–Crippen LogP) is -0.114. The van der Waals surface area contributed by atoms with Crippen LogP contribution in [0.5, 0.6) is 0 Å². The molecule has 0 bridgehead atoms. The molecule has 0 aromatic heterocycles. The van der Waals surface area contributed by atoms with Crippen LogP contribution in [0.15, 0.2) is 0 Å². The van der Waals surface area contributed by atoms with Crippen molar-refractivity contribution >= 4 is 5.91 Å². The van der Waals surface area contributed by atoms with E-state index >= 15 is 0 Å². The second kappa shape index (κ2) is 4.75. The monoisotopic (exact) mass is 199 g/mol. The van der Waals surface area contributed by atoms with Gasteiger partial charge in [-0.3, -0.25) is 9.69 Å². The van der Waals surface area contributed by atoms with Crippen molar-refractivity contribution in [1.29, 1.82) is 0 Å². The molecule has 82 valence electrons. The minimum Gasteiger partial charge on any atom is -0.344 e. The second-order valence-electron chi connectivity index (χ2n) is 4.11. The Morgan fingerprint density at radius 2 is 2.21 bits per heavy atom. The number of nitrogens with zero attached hydrogens (tertiary/aromatic N) is 2. The van der Waals surface area contributed by atoms with Gasteiger partial charge in [0.2, 0.25) is 5.91 Å². The lowest BCUT2D eigenvalue weighted by Crippen LogP contribution is -2.49. The van der Waals surface area contributed by atoms with Crippen LogP contribution in [0.3, 0.4) is 0 Å². The highest BCUT2D eigenvalue weighted by atomic mass is 16.2. The number of amides is 1. The Balaban J connectivity index is 2.72. The Bertz CT molecular complexity index is 208. The zero-order chi connectivity index (χ0) is 10.7. The molecule has 1 fully saturated rings.